The van der Waals surface area contributed by atoms with Crippen LogP contribution < -0.4 is 15.4 Å². The zero-order chi connectivity index (χ0) is 11.7. The minimum atomic E-state index is -0.115. The van der Waals surface area contributed by atoms with Crippen LogP contribution in [0.3, 0.4) is 0 Å². The highest BCUT2D eigenvalue weighted by molar-refractivity contribution is 6.31. The molecular formula is C11H13ClN2O2. The molecule has 1 aliphatic heterocycles. The third kappa shape index (κ3) is 1.99. The van der Waals surface area contributed by atoms with Gasteiger partial charge in [-0.15, -0.1) is 0 Å². The largest absolute Gasteiger partial charge is 0.495 e. The van der Waals surface area contributed by atoms with Crippen LogP contribution >= 0.6 is 11.6 Å². The zero-order valence-electron chi connectivity index (χ0n) is 8.94. The van der Waals surface area contributed by atoms with Crippen LogP contribution in [0.2, 0.25) is 5.02 Å². The van der Waals surface area contributed by atoms with Gasteiger partial charge in [0.1, 0.15) is 5.75 Å². The molecule has 0 aliphatic carbocycles. The summed E-state index contributed by atoms with van der Waals surface area (Å²) in [6, 6.07) is 5.08. The summed E-state index contributed by atoms with van der Waals surface area (Å²) < 4.78 is 5.20. The number of nitrogens with zero attached hydrogens (tertiary/aromatic N) is 1. The smallest absolute Gasteiger partial charge is 0.228 e. The minimum Gasteiger partial charge on any atom is -0.495 e. The number of nitrogens with two attached hydrogens (primary N) is 1. The van der Waals surface area contributed by atoms with E-state index in [1.807, 2.05) is 0 Å². The van der Waals surface area contributed by atoms with Crippen molar-refractivity contribution in [2.45, 2.75) is 12.5 Å². The molecule has 1 heterocycles. The zero-order valence-corrected chi connectivity index (χ0v) is 9.70. The molecule has 4 nitrogen and oxygen atoms in total. The number of amides is 1. The summed E-state index contributed by atoms with van der Waals surface area (Å²) in [5.74, 6) is 0.639. The van der Waals surface area contributed by atoms with Gasteiger partial charge in [-0.05, 0) is 18.2 Å². The molecule has 1 aromatic carbocycles. The molecule has 1 amide bonds. The van der Waals surface area contributed by atoms with E-state index in [1.54, 1.807) is 30.2 Å². The number of hydrogen-bond acceptors (Lipinski definition) is 3. The summed E-state index contributed by atoms with van der Waals surface area (Å²) in [5.41, 5.74) is 6.43. The van der Waals surface area contributed by atoms with Gasteiger partial charge >= 0.3 is 0 Å². The van der Waals surface area contributed by atoms with Gasteiger partial charge in [0.2, 0.25) is 5.91 Å². The van der Waals surface area contributed by atoms with E-state index in [2.05, 4.69) is 0 Å². The molecule has 16 heavy (non-hydrogen) atoms. The van der Waals surface area contributed by atoms with Gasteiger partial charge in [0.05, 0.1) is 12.8 Å². The Labute approximate surface area is 98.9 Å². The van der Waals surface area contributed by atoms with Crippen LogP contribution in [0.25, 0.3) is 0 Å². The van der Waals surface area contributed by atoms with Crippen LogP contribution in [0, 0.1) is 0 Å². The van der Waals surface area contributed by atoms with Crippen molar-refractivity contribution in [2.75, 3.05) is 18.6 Å². The second kappa shape index (κ2) is 4.31. The molecule has 1 aliphatic rings. The molecule has 0 bridgehead atoms. The van der Waals surface area contributed by atoms with Crippen LogP contribution in [0.1, 0.15) is 6.42 Å². The fraction of sp³-hybridized carbons (Fsp3) is 0.364. The number of halogens is 1. The van der Waals surface area contributed by atoms with Crippen molar-refractivity contribution < 1.29 is 9.53 Å². The number of anilines is 1. The number of rotatable bonds is 2. The molecule has 1 saturated heterocycles. The van der Waals surface area contributed by atoms with Crippen molar-refractivity contribution in [3.05, 3.63) is 23.2 Å². The van der Waals surface area contributed by atoms with Crippen LogP contribution in [-0.2, 0) is 4.79 Å². The average Bonchev–Trinajstić information content (AvgIpc) is 2.57. The standard InChI is InChI=1S/C11H13ClN2O2/c1-16-10-3-2-7(12)4-9(10)14-6-8(13)5-11(14)15/h2-4,8H,5-6,13H2,1H3. The second-order valence-corrected chi connectivity index (χ2v) is 4.22. The molecule has 2 N–H and O–H groups in total. The summed E-state index contributed by atoms with van der Waals surface area (Å²) in [4.78, 5) is 13.3. The monoisotopic (exact) mass is 240 g/mol. The molecule has 5 heteroatoms. The summed E-state index contributed by atoms with van der Waals surface area (Å²) in [7, 11) is 1.56. The number of hydrogen-bond donors (Lipinski definition) is 1. The molecule has 0 saturated carbocycles. The van der Waals surface area contributed by atoms with Gasteiger partial charge in [0, 0.05) is 24.0 Å². The predicted molar refractivity (Wildman–Crippen MR) is 62.9 cm³/mol. The fourth-order valence-corrected chi connectivity index (χ4v) is 2.01. The second-order valence-electron chi connectivity index (χ2n) is 3.78. The summed E-state index contributed by atoms with van der Waals surface area (Å²) in [5, 5.41) is 0.573. The molecule has 1 fully saturated rings. The average molecular weight is 241 g/mol. The highest BCUT2D eigenvalue weighted by atomic mass is 35.5. The summed E-state index contributed by atoms with van der Waals surface area (Å²) >= 11 is 5.91. The van der Waals surface area contributed by atoms with Gasteiger partial charge < -0.3 is 15.4 Å². The Kier molecular flexibility index (Phi) is 3.03. The van der Waals surface area contributed by atoms with Gasteiger partial charge in [0.15, 0.2) is 0 Å². The highest BCUT2D eigenvalue weighted by Crippen LogP contribution is 2.33. The Hall–Kier alpha value is -1.26. The number of methoxy groups -OCH3 is 1. The lowest BCUT2D eigenvalue weighted by molar-refractivity contribution is -0.117. The third-order valence-electron chi connectivity index (χ3n) is 2.59. The summed E-state index contributed by atoms with van der Waals surface area (Å²) in [6.45, 7) is 0.509. The topological polar surface area (TPSA) is 55.6 Å². The molecule has 0 radical (unpaired) electrons. The number of carbonyl (C=O) groups excluding carboxylic acids is 1. The first-order chi connectivity index (χ1) is 7.61. The Bertz CT molecular complexity index is 422. The SMILES string of the molecule is COc1ccc(Cl)cc1N1CC(N)CC1=O. The van der Waals surface area contributed by atoms with Gasteiger partial charge in [-0.1, -0.05) is 11.6 Å². The van der Waals surface area contributed by atoms with Gasteiger partial charge in [-0.2, -0.15) is 0 Å². The number of benzene rings is 1. The lowest BCUT2D eigenvalue weighted by atomic mass is 10.2. The Morgan fingerprint density at radius 2 is 2.31 bits per heavy atom. The van der Waals surface area contributed by atoms with E-state index in [-0.39, 0.29) is 11.9 Å². The fourth-order valence-electron chi connectivity index (χ4n) is 1.84. The molecule has 0 spiro atoms. The molecule has 1 unspecified atom stereocenters. The Morgan fingerprint density at radius 3 is 2.88 bits per heavy atom. The van der Waals surface area contributed by atoms with Crippen LogP contribution in [-0.4, -0.2) is 25.6 Å². The van der Waals surface area contributed by atoms with Crippen molar-refractivity contribution in [1.82, 2.24) is 0 Å². The first kappa shape index (κ1) is 11.2. The quantitative estimate of drug-likeness (QED) is 0.851. The maximum atomic E-state index is 11.7. The molecule has 0 aromatic heterocycles. The maximum absolute atomic E-state index is 11.7. The van der Waals surface area contributed by atoms with E-state index >= 15 is 0 Å². The van der Waals surface area contributed by atoms with Crippen molar-refractivity contribution >= 4 is 23.2 Å². The number of carbonyl (C=O) groups is 1. The van der Waals surface area contributed by atoms with Gasteiger partial charge in [-0.3, -0.25) is 4.79 Å². The summed E-state index contributed by atoms with van der Waals surface area (Å²) in [6.07, 6.45) is 0.371. The molecule has 1 atom stereocenters. The first-order valence-corrected chi connectivity index (χ1v) is 5.39. The van der Waals surface area contributed by atoms with Gasteiger partial charge in [0.25, 0.3) is 0 Å². The Balaban J connectivity index is 2.39. The first-order valence-electron chi connectivity index (χ1n) is 5.01. The van der Waals surface area contributed by atoms with E-state index in [9.17, 15) is 4.79 Å². The van der Waals surface area contributed by atoms with Crippen molar-refractivity contribution in [2.24, 2.45) is 5.73 Å². The van der Waals surface area contributed by atoms with Crippen LogP contribution in [0.5, 0.6) is 5.75 Å². The van der Waals surface area contributed by atoms with E-state index < -0.39 is 0 Å². The van der Waals surface area contributed by atoms with E-state index in [0.29, 0.717) is 29.4 Å². The van der Waals surface area contributed by atoms with Crippen LogP contribution in [0.4, 0.5) is 5.69 Å². The minimum absolute atomic E-state index is 0.00747. The van der Waals surface area contributed by atoms with Crippen molar-refractivity contribution in [1.29, 1.82) is 0 Å². The van der Waals surface area contributed by atoms with Crippen molar-refractivity contribution in [3.63, 3.8) is 0 Å². The maximum Gasteiger partial charge on any atom is 0.228 e. The molecule has 2 rings (SSSR count). The highest BCUT2D eigenvalue weighted by Gasteiger charge is 2.29. The van der Waals surface area contributed by atoms with Crippen molar-refractivity contribution in [3.8, 4) is 5.75 Å². The van der Waals surface area contributed by atoms with E-state index in [1.165, 1.54) is 0 Å². The molecular weight excluding hydrogens is 228 g/mol. The van der Waals surface area contributed by atoms with E-state index in [0.717, 1.165) is 0 Å². The van der Waals surface area contributed by atoms with E-state index in [4.69, 9.17) is 22.1 Å². The third-order valence-corrected chi connectivity index (χ3v) is 2.82. The normalized spacial score (nSPS) is 20.3. The lowest BCUT2D eigenvalue weighted by Crippen LogP contribution is -2.28. The molecule has 1 aromatic rings. The lowest BCUT2D eigenvalue weighted by Gasteiger charge is -2.19. The van der Waals surface area contributed by atoms with Crippen LogP contribution in [0.15, 0.2) is 18.2 Å². The molecule has 86 valence electrons. The Morgan fingerprint density at radius 1 is 1.56 bits per heavy atom. The predicted octanol–water partition coefficient (Wildman–Crippen LogP) is 1.41. The number of ether oxygens (including phenoxy) is 1. The van der Waals surface area contributed by atoms with Gasteiger partial charge in [-0.25, -0.2) is 0 Å².